The molecule has 0 bridgehead atoms. The number of hydrogen-bond acceptors (Lipinski definition) is 4. The Hall–Kier alpha value is -2.70. The number of aryl methyl sites for hydroxylation is 1. The summed E-state index contributed by atoms with van der Waals surface area (Å²) in [6.45, 7) is 0. The number of para-hydroxylation sites is 1. The van der Waals surface area contributed by atoms with E-state index in [1.807, 2.05) is 6.07 Å². The Morgan fingerprint density at radius 3 is 2.72 bits per heavy atom. The van der Waals surface area contributed by atoms with Gasteiger partial charge in [0.1, 0.15) is 5.82 Å². The number of carboxylic acid groups (broad SMARTS) is 1. The van der Waals surface area contributed by atoms with Crippen LogP contribution in [0, 0.1) is 0 Å². The third kappa shape index (κ3) is 4.04. The van der Waals surface area contributed by atoms with Crippen LogP contribution in [0.25, 0.3) is 10.9 Å². The van der Waals surface area contributed by atoms with Crippen molar-refractivity contribution >= 4 is 22.8 Å². The van der Waals surface area contributed by atoms with Crippen LogP contribution in [0.3, 0.4) is 0 Å². The van der Waals surface area contributed by atoms with Crippen molar-refractivity contribution in [3.63, 3.8) is 0 Å². The summed E-state index contributed by atoms with van der Waals surface area (Å²) >= 11 is 0. The summed E-state index contributed by atoms with van der Waals surface area (Å²) in [7, 11) is 0. The van der Waals surface area contributed by atoms with E-state index < -0.39 is 11.5 Å². The van der Waals surface area contributed by atoms with Crippen molar-refractivity contribution in [1.82, 2.24) is 15.3 Å². The van der Waals surface area contributed by atoms with Gasteiger partial charge in [0.25, 0.3) is 5.56 Å². The molecule has 7 heteroatoms. The second-order valence-corrected chi connectivity index (χ2v) is 6.64. The second kappa shape index (κ2) is 7.04. The number of carboxylic acids is 1. The Bertz CT molecular complexity index is 855. The van der Waals surface area contributed by atoms with E-state index >= 15 is 0 Å². The van der Waals surface area contributed by atoms with Crippen LogP contribution >= 0.6 is 0 Å². The van der Waals surface area contributed by atoms with E-state index in [0.717, 1.165) is 6.42 Å². The number of aromatic nitrogens is 2. The number of benzene rings is 1. The Balaban J connectivity index is 1.55. The van der Waals surface area contributed by atoms with Gasteiger partial charge in [-0.05, 0) is 37.8 Å². The monoisotopic (exact) mass is 343 g/mol. The maximum atomic E-state index is 12.1. The summed E-state index contributed by atoms with van der Waals surface area (Å²) in [5.74, 6) is -0.484. The highest BCUT2D eigenvalue weighted by Gasteiger charge is 2.40. The smallest absolute Gasteiger partial charge is 0.305 e. The molecular formula is C18H21N3O4. The van der Waals surface area contributed by atoms with Gasteiger partial charge in [-0.3, -0.25) is 14.4 Å². The number of nitrogens with zero attached hydrogens (tertiary/aromatic N) is 1. The minimum atomic E-state index is -0.891. The van der Waals surface area contributed by atoms with Gasteiger partial charge in [0, 0.05) is 12.8 Å². The fourth-order valence-electron chi connectivity index (χ4n) is 3.27. The van der Waals surface area contributed by atoms with Crippen LogP contribution in [0.15, 0.2) is 29.1 Å². The number of carbonyl (C=O) groups excluding carboxylic acids is 1. The fraction of sp³-hybridized carbons (Fsp3) is 0.444. The normalized spacial score (nSPS) is 15.5. The second-order valence-electron chi connectivity index (χ2n) is 6.64. The molecule has 132 valence electrons. The molecule has 1 saturated carbocycles. The predicted octanol–water partition coefficient (Wildman–Crippen LogP) is 1.76. The molecule has 0 radical (unpaired) electrons. The molecule has 3 N–H and O–H groups in total. The van der Waals surface area contributed by atoms with Crippen molar-refractivity contribution in [1.29, 1.82) is 0 Å². The van der Waals surface area contributed by atoms with Crippen molar-refractivity contribution in [3.8, 4) is 0 Å². The highest BCUT2D eigenvalue weighted by molar-refractivity contribution is 5.79. The zero-order valence-electron chi connectivity index (χ0n) is 13.9. The number of nitrogens with one attached hydrogen (secondary N) is 2. The van der Waals surface area contributed by atoms with Gasteiger partial charge < -0.3 is 15.4 Å². The number of H-pyrrole nitrogens is 1. The summed E-state index contributed by atoms with van der Waals surface area (Å²) in [5, 5.41) is 12.4. The first-order chi connectivity index (χ1) is 12.0. The molecule has 7 nitrogen and oxygen atoms in total. The lowest BCUT2D eigenvalue weighted by atomic mass is 9.74. The van der Waals surface area contributed by atoms with E-state index in [4.69, 9.17) is 5.11 Å². The zero-order valence-corrected chi connectivity index (χ0v) is 13.9. The number of rotatable bonds is 7. The minimum Gasteiger partial charge on any atom is -0.481 e. The first-order valence-electron chi connectivity index (χ1n) is 8.48. The first kappa shape index (κ1) is 17.1. The third-order valence-corrected chi connectivity index (χ3v) is 4.68. The summed E-state index contributed by atoms with van der Waals surface area (Å²) in [6.07, 6.45) is 3.64. The first-order valence-corrected chi connectivity index (χ1v) is 8.48. The van der Waals surface area contributed by atoms with E-state index in [-0.39, 0.29) is 24.3 Å². The van der Waals surface area contributed by atoms with Crippen molar-refractivity contribution in [2.45, 2.75) is 50.5 Å². The SMILES string of the molecule is O=C(O)CC1(NC(=O)CCCc2nc3ccccc3c(=O)[nH]2)CCC1. The Morgan fingerprint density at radius 2 is 2.04 bits per heavy atom. The molecule has 0 spiro atoms. The number of hydrogen-bond donors (Lipinski definition) is 3. The van der Waals surface area contributed by atoms with Crippen LogP contribution in [-0.2, 0) is 16.0 Å². The average molecular weight is 343 g/mol. The van der Waals surface area contributed by atoms with Gasteiger partial charge in [-0.15, -0.1) is 0 Å². The average Bonchev–Trinajstić information content (AvgIpc) is 2.52. The molecule has 1 heterocycles. The maximum absolute atomic E-state index is 12.1. The molecule has 1 fully saturated rings. The zero-order chi connectivity index (χ0) is 17.9. The van der Waals surface area contributed by atoms with Crippen LogP contribution in [-0.4, -0.2) is 32.5 Å². The number of aliphatic carboxylic acids is 1. The molecule has 0 aliphatic heterocycles. The molecule has 25 heavy (non-hydrogen) atoms. The topological polar surface area (TPSA) is 112 Å². The molecule has 0 unspecified atom stereocenters. The van der Waals surface area contributed by atoms with Crippen molar-refractivity contribution in [2.75, 3.05) is 0 Å². The Labute approximate surface area is 144 Å². The van der Waals surface area contributed by atoms with Gasteiger partial charge in [0.05, 0.1) is 22.9 Å². The molecule has 1 amide bonds. The summed E-state index contributed by atoms with van der Waals surface area (Å²) in [6, 6.07) is 7.12. The molecule has 0 saturated heterocycles. The molecule has 1 aromatic carbocycles. The molecular weight excluding hydrogens is 322 g/mol. The molecule has 1 aliphatic carbocycles. The molecule has 3 rings (SSSR count). The lowest BCUT2D eigenvalue weighted by Crippen LogP contribution is -2.54. The van der Waals surface area contributed by atoms with Gasteiger partial charge >= 0.3 is 5.97 Å². The van der Waals surface area contributed by atoms with Crippen molar-refractivity contribution < 1.29 is 14.7 Å². The standard InChI is InChI=1S/C18H21N3O4/c22-15(21-18(9-4-10-18)11-16(23)24)8-3-7-14-19-13-6-2-1-5-12(13)17(25)20-14/h1-2,5-6H,3-4,7-11H2,(H,21,22)(H,23,24)(H,19,20,25). The Kier molecular flexibility index (Phi) is 4.83. The molecule has 1 aliphatic rings. The number of amides is 1. The molecule has 0 atom stereocenters. The quantitative estimate of drug-likeness (QED) is 0.709. The van der Waals surface area contributed by atoms with Crippen LogP contribution in [0.4, 0.5) is 0 Å². The van der Waals surface area contributed by atoms with Gasteiger partial charge in [-0.1, -0.05) is 12.1 Å². The number of fused-ring (bicyclic) bond motifs is 1. The third-order valence-electron chi connectivity index (χ3n) is 4.68. The van der Waals surface area contributed by atoms with Gasteiger partial charge in [-0.2, -0.15) is 0 Å². The fourth-order valence-corrected chi connectivity index (χ4v) is 3.27. The van der Waals surface area contributed by atoms with Gasteiger partial charge in [-0.25, -0.2) is 4.98 Å². The number of carbonyl (C=O) groups is 2. The summed E-state index contributed by atoms with van der Waals surface area (Å²) in [5.41, 5.74) is -0.112. The minimum absolute atomic E-state index is 0.0295. The van der Waals surface area contributed by atoms with Gasteiger partial charge in [0.15, 0.2) is 0 Å². The van der Waals surface area contributed by atoms with Crippen LogP contribution in [0.2, 0.25) is 0 Å². The Morgan fingerprint density at radius 1 is 1.28 bits per heavy atom. The van der Waals surface area contributed by atoms with Crippen LogP contribution in [0.1, 0.15) is 44.3 Å². The summed E-state index contributed by atoms with van der Waals surface area (Å²) < 4.78 is 0. The lowest BCUT2D eigenvalue weighted by Gasteiger charge is -2.41. The highest BCUT2D eigenvalue weighted by atomic mass is 16.4. The largest absolute Gasteiger partial charge is 0.481 e. The van der Waals surface area contributed by atoms with E-state index in [0.29, 0.717) is 42.4 Å². The van der Waals surface area contributed by atoms with E-state index in [1.165, 1.54) is 0 Å². The molecule has 1 aromatic heterocycles. The van der Waals surface area contributed by atoms with Gasteiger partial charge in [0.2, 0.25) is 5.91 Å². The number of aromatic amines is 1. The van der Waals surface area contributed by atoms with E-state index in [9.17, 15) is 14.4 Å². The lowest BCUT2D eigenvalue weighted by molar-refractivity contribution is -0.140. The van der Waals surface area contributed by atoms with E-state index in [2.05, 4.69) is 15.3 Å². The van der Waals surface area contributed by atoms with E-state index in [1.54, 1.807) is 18.2 Å². The molecule has 2 aromatic rings. The van der Waals surface area contributed by atoms with Crippen LogP contribution in [0.5, 0.6) is 0 Å². The predicted molar refractivity (Wildman–Crippen MR) is 92.3 cm³/mol. The highest BCUT2D eigenvalue weighted by Crippen LogP contribution is 2.35. The maximum Gasteiger partial charge on any atom is 0.305 e. The van der Waals surface area contributed by atoms with Crippen LogP contribution < -0.4 is 10.9 Å². The summed E-state index contributed by atoms with van der Waals surface area (Å²) in [4.78, 5) is 42.2. The van der Waals surface area contributed by atoms with Crippen molar-refractivity contribution in [3.05, 3.63) is 40.4 Å². The van der Waals surface area contributed by atoms with Crippen molar-refractivity contribution in [2.24, 2.45) is 0 Å².